The van der Waals surface area contributed by atoms with Gasteiger partial charge < -0.3 is 28.7 Å². The minimum atomic E-state index is -1.18. The molecule has 0 spiro atoms. The molecule has 372 valence electrons. The first-order chi connectivity index (χ1) is 34.9. The van der Waals surface area contributed by atoms with Gasteiger partial charge in [-0.2, -0.15) is 0 Å². The lowest BCUT2D eigenvalue weighted by atomic mass is 9.89. The molecule has 72 heavy (non-hydrogen) atoms. The maximum absolute atomic E-state index is 13.6. The average Bonchev–Trinajstić information content (AvgIpc) is 3.41. The SMILES string of the molecule is O=C(/C=C\C(=O)OC(OCCN1CCC(C(=O)c2ccc(F)cc2)CC1)c1ccc(-c2ccc(F)cc2)cc1)OC(OCCN1CCC(C(=O)c2ccc(F)cc2)CC1)c1ccc(-c2ccc(F)cc2)cc1. The van der Waals surface area contributed by atoms with E-state index in [1.807, 2.05) is 0 Å². The van der Waals surface area contributed by atoms with Gasteiger partial charge in [0.25, 0.3) is 0 Å². The summed E-state index contributed by atoms with van der Waals surface area (Å²) in [5, 5.41) is 0. The summed E-state index contributed by atoms with van der Waals surface area (Å²) in [7, 11) is 0. The zero-order chi connectivity index (χ0) is 50.4. The van der Waals surface area contributed by atoms with Crippen LogP contribution in [0.4, 0.5) is 17.6 Å². The molecule has 0 aliphatic carbocycles. The van der Waals surface area contributed by atoms with Gasteiger partial charge in [0.2, 0.25) is 12.6 Å². The maximum atomic E-state index is 13.6. The number of benzene rings is 6. The molecule has 8 rings (SSSR count). The molecule has 14 heteroatoms. The van der Waals surface area contributed by atoms with Crippen LogP contribution in [0.2, 0.25) is 0 Å². The first kappa shape index (κ1) is 51.3. The van der Waals surface area contributed by atoms with E-state index >= 15 is 0 Å². The Bertz CT molecular complexity index is 2580. The van der Waals surface area contributed by atoms with Gasteiger partial charge in [0.05, 0.1) is 13.2 Å². The van der Waals surface area contributed by atoms with E-state index in [-0.39, 0.29) is 48.3 Å². The lowest BCUT2D eigenvalue weighted by molar-refractivity contribution is -0.179. The van der Waals surface area contributed by atoms with Gasteiger partial charge in [-0.1, -0.05) is 72.8 Å². The highest BCUT2D eigenvalue weighted by molar-refractivity contribution is 5.98. The minimum absolute atomic E-state index is 0.0112. The Morgan fingerprint density at radius 1 is 0.431 bits per heavy atom. The highest BCUT2D eigenvalue weighted by atomic mass is 19.1. The molecule has 0 aromatic heterocycles. The monoisotopic (exact) mass is 982 g/mol. The number of hydrogen-bond donors (Lipinski definition) is 0. The van der Waals surface area contributed by atoms with Crippen LogP contribution in [0, 0.1) is 35.1 Å². The zero-order valence-corrected chi connectivity index (χ0v) is 39.5. The van der Waals surface area contributed by atoms with Crippen LogP contribution < -0.4 is 0 Å². The smallest absolute Gasteiger partial charge is 0.333 e. The predicted molar refractivity (Wildman–Crippen MR) is 262 cm³/mol. The van der Waals surface area contributed by atoms with Crippen LogP contribution in [-0.2, 0) is 28.5 Å². The van der Waals surface area contributed by atoms with E-state index in [1.54, 1.807) is 72.8 Å². The quantitative estimate of drug-likeness (QED) is 0.0241. The number of likely N-dealkylation sites (tertiary alicyclic amines) is 2. The number of carbonyl (C=O) groups excluding carboxylic acids is 4. The molecule has 2 atom stereocenters. The maximum Gasteiger partial charge on any atom is 0.333 e. The molecule has 2 saturated heterocycles. The second-order valence-electron chi connectivity index (χ2n) is 17.8. The van der Waals surface area contributed by atoms with Crippen molar-refractivity contribution in [1.82, 2.24) is 9.80 Å². The normalized spacial score (nSPS) is 15.8. The summed E-state index contributed by atoms with van der Waals surface area (Å²) in [5.74, 6) is -3.68. The van der Waals surface area contributed by atoms with Crippen molar-refractivity contribution in [3.63, 3.8) is 0 Å². The Hall–Kier alpha value is -7.10. The Morgan fingerprint density at radius 3 is 1.01 bits per heavy atom. The van der Waals surface area contributed by atoms with E-state index in [2.05, 4.69) is 9.80 Å². The summed E-state index contributed by atoms with van der Waals surface area (Å²) in [6.45, 7) is 3.79. The van der Waals surface area contributed by atoms with Crippen LogP contribution in [0.25, 0.3) is 22.3 Å². The lowest BCUT2D eigenvalue weighted by Gasteiger charge is -2.31. The number of ether oxygens (including phenoxy) is 4. The number of piperidine rings is 2. The zero-order valence-electron chi connectivity index (χ0n) is 39.5. The number of nitrogens with zero attached hydrogens (tertiary/aromatic N) is 2. The van der Waals surface area contributed by atoms with Crippen molar-refractivity contribution >= 4 is 23.5 Å². The fourth-order valence-corrected chi connectivity index (χ4v) is 8.89. The van der Waals surface area contributed by atoms with E-state index in [9.17, 15) is 36.7 Å². The number of hydrogen-bond acceptors (Lipinski definition) is 10. The molecule has 2 aliphatic rings. The van der Waals surface area contributed by atoms with Gasteiger partial charge in [-0.25, -0.2) is 27.2 Å². The van der Waals surface area contributed by atoms with Gasteiger partial charge in [0.1, 0.15) is 23.3 Å². The van der Waals surface area contributed by atoms with Crippen molar-refractivity contribution in [3.05, 3.63) is 203 Å². The summed E-state index contributed by atoms with van der Waals surface area (Å²) in [4.78, 5) is 57.2. The molecular weight excluding hydrogens is 929 g/mol. The second-order valence-corrected chi connectivity index (χ2v) is 17.8. The molecule has 6 aromatic carbocycles. The van der Waals surface area contributed by atoms with Crippen LogP contribution in [0.15, 0.2) is 158 Å². The van der Waals surface area contributed by atoms with Crippen molar-refractivity contribution in [2.75, 3.05) is 52.5 Å². The van der Waals surface area contributed by atoms with Gasteiger partial charge in [-0.05, 0) is 147 Å². The molecule has 0 radical (unpaired) electrons. The van der Waals surface area contributed by atoms with Crippen LogP contribution in [-0.4, -0.2) is 85.8 Å². The molecular formula is C58H54F4N2O8. The largest absolute Gasteiger partial charge is 0.428 e. The fraction of sp³-hybridized carbons (Fsp3) is 0.276. The van der Waals surface area contributed by atoms with Crippen molar-refractivity contribution < 1.29 is 55.7 Å². The van der Waals surface area contributed by atoms with Crippen LogP contribution in [0.3, 0.4) is 0 Å². The molecule has 2 heterocycles. The van der Waals surface area contributed by atoms with Gasteiger partial charge in [-0.15, -0.1) is 0 Å². The number of esters is 2. The van der Waals surface area contributed by atoms with Gasteiger partial charge in [-0.3, -0.25) is 9.59 Å². The highest BCUT2D eigenvalue weighted by Gasteiger charge is 2.28. The van der Waals surface area contributed by atoms with E-state index in [0.29, 0.717) is 87.2 Å². The molecule has 2 fully saturated rings. The van der Waals surface area contributed by atoms with Gasteiger partial charge >= 0.3 is 11.9 Å². The third-order valence-corrected chi connectivity index (χ3v) is 13.1. The minimum Gasteiger partial charge on any atom is -0.428 e. The summed E-state index contributed by atoms with van der Waals surface area (Å²) >= 11 is 0. The lowest BCUT2D eigenvalue weighted by Crippen LogP contribution is -2.38. The second kappa shape index (κ2) is 24.8. The van der Waals surface area contributed by atoms with Crippen molar-refractivity contribution in [2.24, 2.45) is 11.8 Å². The van der Waals surface area contributed by atoms with Crippen LogP contribution in [0.1, 0.15) is 70.1 Å². The van der Waals surface area contributed by atoms with Crippen LogP contribution >= 0.6 is 0 Å². The van der Waals surface area contributed by atoms with E-state index < -0.39 is 36.2 Å². The molecule has 0 amide bonds. The number of rotatable bonds is 20. The van der Waals surface area contributed by atoms with Gasteiger partial charge in [0.15, 0.2) is 11.6 Å². The van der Waals surface area contributed by atoms with E-state index in [1.165, 1.54) is 72.8 Å². The highest BCUT2D eigenvalue weighted by Crippen LogP contribution is 2.29. The molecule has 0 bridgehead atoms. The predicted octanol–water partition coefficient (Wildman–Crippen LogP) is 11.1. The van der Waals surface area contributed by atoms with Crippen LogP contribution in [0.5, 0.6) is 0 Å². The Morgan fingerprint density at radius 2 is 0.708 bits per heavy atom. The van der Waals surface area contributed by atoms with Gasteiger partial charge in [0, 0.05) is 59.3 Å². The number of ketones is 2. The standard InChI is InChI=1S/C58H54F4N2O8/c59-49-17-9-41(10-18-49)39-1-5-47(6-2-39)57(69-37-35-63-31-27-45(28-32-63)55(67)43-13-21-51(61)22-14-43)71-53(65)25-26-54(66)72-58(48-7-3-40(4-8-48)42-11-19-50(60)20-12-42)70-38-36-64-33-29-46(30-34-64)56(68)44-15-23-52(62)24-16-44/h1-26,45-46,57-58H,27-38H2/b26-25-. The molecule has 6 aromatic rings. The molecule has 0 saturated carbocycles. The Kier molecular flexibility index (Phi) is 17.7. The van der Waals surface area contributed by atoms with E-state index in [0.717, 1.165) is 34.4 Å². The first-order valence-corrected chi connectivity index (χ1v) is 24.0. The molecule has 2 unspecified atom stereocenters. The topological polar surface area (TPSA) is 112 Å². The Balaban J connectivity index is 0.888. The Labute approximate surface area is 415 Å². The van der Waals surface area contributed by atoms with Crippen molar-refractivity contribution in [3.8, 4) is 22.3 Å². The molecule has 2 aliphatic heterocycles. The number of carbonyl (C=O) groups is 4. The van der Waals surface area contributed by atoms with E-state index in [4.69, 9.17) is 18.9 Å². The number of halogens is 4. The summed E-state index contributed by atoms with van der Waals surface area (Å²) < 4.78 is 78.1. The van der Waals surface area contributed by atoms with Crippen molar-refractivity contribution in [1.29, 1.82) is 0 Å². The summed E-state index contributed by atoms with van der Waals surface area (Å²) in [6.07, 6.45) is 2.02. The first-order valence-electron chi connectivity index (χ1n) is 24.0. The summed E-state index contributed by atoms with van der Waals surface area (Å²) in [6, 6.07) is 37.4. The molecule has 10 nitrogen and oxygen atoms in total. The van der Waals surface area contributed by atoms with Crippen molar-refractivity contribution in [2.45, 2.75) is 38.3 Å². The number of Topliss-reactive ketones (excluding diaryl/α,β-unsaturated/α-hetero) is 2. The third-order valence-electron chi connectivity index (χ3n) is 13.1. The fourth-order valence-electron chi connectivity index (χ4n) is 8.89. The summed E-state index contributed by atoms with van der Waals surface area (Å²) in [5.41, 5.74) is 5.14. The molecule has 0 N–H and O–H groups in total. The average molecular weight is 983 g/mol. The third kappa shape index (κ3) is 14.3.